The molecule has 7 heteroatoms. The maximum absolute atomic E-state index is 12.6. The van der Waals surface area contributed by atoms with Crippen molar-refractivity contribution < 1.29 is 13.2 Å². The Morgan fingerprint density at radius 3 is 2.62 bits per heavy atom. The molecule has 21 heavy (non-hydrogen) atoms. The lowest BCUT2D eigenvalue weighted by atomic mass is 10.0. The Morgan fingerprint density at radius 2 is 2.00 bits per heavy atom. The molecule has 1 saturated heterocycles. The van der Waals surface area contributed by atoms with E-state index in [1.165, 1.54) is 6.07 Å². The molecule has 0 aromatic heterocycles. The van der Waals surface area contributed by atoms with Gasteiger partial charge in [0.25, 0.3) is 5.91 Å². The van der Waals surface area contributed by atoms with Crippen LogP contribution in [0.15, 0.2) is 29.2 Å². The Bertz CT molecular complexity index is 604. The topological polar surface area (TPSA) is 66.5 Å². The summed E-state index contributed by atoms with van der Waals surface area (Å²) in [5.41, 5.74) is 0.270. The summed E-state index contributed by atoms with van der Waals surface area (Å²) in [7, 11) is -1.52. The van der Waals surface area contributed by atoms with Crippen LogP contribution in [0.25, 0.3) is 0 Å². The van der Waals surface area contributed by atoms with Crippen molar-refractivity contribution in [2.45, 2.75) is 23.8 Å². The van der Waals surface area contributed by atoms with E-state index in [0.717, 1.165) is 19.1 Å². The quantitative estimate of drug-likeness (QED) is 0.907. The first kappa shape index (κ1) is 17.9. The Kier molecular flexibility index (Phi) is 6.19. The van der Waals surface area contributed by atoms with Crippen molar-refractivity contribution in [3.63, 3.8) is 0 Å². The van der Waals surface area contributed by atoms with Gasteiger partial charge in [0.2, 0.25) is 0 Å². The molecule has 1 N–H and O–H groups in total. The minimum absolute atomic E-state index is 0. The molecule has 1 aromatic rings. The van der Waals surface area contributed by atoms with E-state index in [1.54, 1.807) is 23.1 Å². The lowest BCUT2D eigenvalue weighted by Crippen LogP contribution is -2.47. The van der Waals surface area contributed by atoms with Gasteiger partial charge in [0, 0.05) is 25.4 Å². The summed E-state index contributed by atoms with van der Waals surface area (Å²) in [5.74, 6) is -0.203. The fraction of sp³-hybridized carbons (Fsp3) is 0.500. The molecule has 1 fully saturated rings. The number of carbonyl (C=O) groups is 1. The zero-order valence-corrected chi connectivity index (χ0v) is 13.8. The minimum atomic E-state index is -3.40. The van der Waals surface area contributed by atoms with Crippen molar-refractivity contribution in [2.24, 2.45) is 0 Å². The molecule has 0 bridgehead atoms. The molecule has 1 aliphatic rings. The van der Waals surface area contributed by atoms with E-state index in [4.69, 9.17) is 0 Å². The number of hydrogen-bond donors (Lipinski definition) is 1. The Hall–Kier alpha value is -1.11. The number of halogens is 1. The maximum Gasteiger partial charge on any atom is 0.255 e. The molecule has 0 aliphatic carbocycles. The third-order valence-corrected chi connectivity index (χ3v) is 4.79. The monoisotopic (exact) mass is 332 g/mol. The highest BCUT2D eigenvalue weighted by atomic mass is 35.5. The molecule has 0 saturated carbocycles. The number of hydrogen-bond acceptors (Lipinski definition) is 4. The van der Waals surface area contributed by atoms with E-state index in [1.807, 2.05) is 7.05 Å². The second-order valence-corrected chi connectivity index (χ2v) is 7.13. The maximum atomic E-state index is 12.6. The van der Waals surface area contributed by atoms with Crippen LogP contribution in [0.4, 0.5) is 0 Å². The number of likely N-dealkylation sites (N-methyl/N-ethyl adjacent to an activating group) is 1. The summed E-state index contributed by atoms with van der Waals surface area (Å²) >= 11 is 0. The Balaban J connectivity index is 0.00000220. The molecule has 1 aliphatic heterocycles. The van der Waals surface area contributed by atoms with Gasteiger partial charge in [-0.15, -0.1) is 12.4 Å². The number of likely N-dealkylation sites (tertiary alicyclic amines) is 1. The van der Waals surface area contributed by atoms with Crippen LogP contribution >= 0.6 is 12.4 Å². The van der Waals surface area contributed by atoms with E-state index in [9.17, 15) is 13.2 Å². The average Bonchev–Trinajstić information content (AvgIpc) is 2.45. The highest BCUT2D eigenvalue weighted by molar-refractivity contribution is 7.90. The van der Waals surface area contributed by atoms with Gasteiger partial charge >= 0.3 is 0 Å². The molecule has 1 aromatic carbocycles. The van der Waals surface area contributed by atoms with E-state index in [-0.39, 0.29) is 34.8 Å². The predicted octanol–water partition coefficient (Wildman–Crippen LogP) is 1.34. The predicted molar refractivity (Wildman–Crippen MR) is 84.8 cm³/mol. The summed E-state index contributed by atoms with van der Waals surface area (Å²) in [6.45, 7) is 1.29. The van der Waals surface area contributed by atoms with Crippen LogP contribution in [-0.2, 0) is 9.84 Å². The summed E-state index contributed by atoms with van der Waals surface area (Å²) < 4.78 is 23.6. The van der Waals surface area contributed by atoms with Gasteiger partial charge in [-0.2, -0.15) is 0 Å². The number of piperidine rings is 1. The van der Waals surface area contributed by atoms with Crippen LogP contribution in [0.5, 0.6) is 0 Å². The van der Waals surface area contributed by atoms with Crippen LogP contribution in [0.3, 0.4) is 0 Å². The molecule has 5 nitrogen and oxygen atoms in total. The van der Waals surface area contributed by atoms with Gasteiger partial charge in [0.05, 0.1) is 10.5 Å². The van der Waals surface area contributed by atoms with Crippen molar-refractivity contribution in [1.29, 1.82) is 0 Å². The van der Waals surface area contributed by atoms with Gasteiger partial charge in [-0.1, -0.05) is 12.1 Å². The average molecular weight is 333 g/mol. The van der Waals surface area contributed by atoms with Gasteiger partial charge in [-0.05, 0) is 32.0 Å². The van der Waals surface area contributed by atoms with Crippen molar-refractivity contribution in [2.75, 3.05) is 26.4 Å². The zero-order chi connectivity index (χ0) is 14.8. The second kappa shape index (κ2) is 7.24. The SMILES string of the molecule is CNC1CCCN(C(=O)c2ccccc2S(C)(=O)=O)C1.Cl. The second-order valence-electron chi connectivity index (χ2n) is 5.15. The molecule has 118 valence electrons. The number of amides is 1. The molecule has 1 atom stereocenters. The highest BCUT2D eigenvalue weighted by Crippen LogP contribution is 2.19. The Labute approximate surface area is 132 Å². The van der Waals surface area contributed by atoms with E-state index in [2.05, 4.69) is 5.32 Å². The van der Waals surface area contributed by atoms with Crippen LogP contribution in [0.2, 0.25) is 0 Å². The van der Waals surface area contributed by atoms with Gasteiger partial charge in [0.15, 0.2) is 9.84 Å². The number of benzene rings is 1. The fourth-order valence-corrected chi connectivity index (χ4v) is 3.41. The molecule has 1 amide bonds. The number of rotatable bonds is 3. The summed E-state index contributed by atoms with van der Waals surface area (Å²) in [4.78, 5) is 14.4. The van der Waals surface area contributed by atoms with E-state index < -0.39 is 9.84 Å². The van der Waals surface area contributed by atoms with Gasteiger partial charge < -0.3 is 10.2 Å². The van der Waals surface area contributed by atoms with Crippen LogP contribution in [0, 0.1) is 0 Å². The smallest absolute Gasteiger partial charge is 0.255 e. The minimum Gasteiger partial charge on any atom is -0.337 e. The highest BCUT2D eigenvalue weighted by Gasteiger charge is 2.26. The summed E-state index contributed by atoms with van der Waals surface area (Å²) in [6.07, 6.45) is 3.10. The third-order valence-electron chi connectivity index (χ3n) is 3.63. The number of sulfone groups is 1. The first-order valence-corrected chi connectivity index (χ1v) is 8.58. The number of nitrogens with zero attached hydrogens (tertiary/aromatic N) is 1. The molecular weight excluding hydrogens is 312 g/mol. The molecular formula is C14H21ClN2O3S. The van der Waals surface area contributed by atoms with Crippen LogP contribution in [-0.4, -0.2) is 51.7 Å². The first-order chi connectivity index (χ1) is 9.43. The molecule has 1 heterocycles. The van der Waals surface area contributed by atoms with Gasteiger partial charge in [-0.25, -0.2) is 8.42 Å². The molecule has 1 unspecified atom stereocenters. The lowest BCUT2D eigenvalue weighted by molar-refractivity contribution is 0.0694. The lowest BCUT2D eigenvalue weighted by Gasteiger charge is -2.33. The number of nitrogens with one attached hydrogen (secondary N) is 1. The number of carbonyl (C=O) groups excluding carboxylic acids is 1. The fourth-order valence-electron chi connectivity index (χ4n) is 2.53. The normalized spacial score (nSPS) is 19.0. The van der Waals surface area contributed by atoms with Crippen molar-refractivity contribution in [3.05, 3.63) is 29.8 Å². The van der Waals surface area contributed by atoms with Crippen LogP contribution in [0.1, 0.15) is 23.2 Å². The molecule has 2 rings (SSSR count). The standard InChI is InChI=1S/C14H20N2O3S.ClH/c1-15-11-6-5-9-16(10-11)14(17)12-7-3-4-8-13(12)20(2,18)19;/h3-4,7-8,11,15H,5-6,9-10H2,1-2H3;1H. The largest absolute Gasteiger partial charge is 0.337 e. The van der Waals surface area contributed by atoms with Gasteiger partial charge in [0.1, 0.15) is 0 Å². The molecule has 0 spiro atoms. The first-order valence-electron chi connectivity index (χ1n) is 6.69. The summed E-state index contributed by atoms with van der Waals surface area (Å²) in [5, 5.41) is 3.17. The van der Waals surface area contributed by atoms with Crippen molar-refractivity contribution in [1.82, 2.24) is 10.2 Å². The molecule has 0 radical (unpaired) electrons. The van der Waals surface area contributed by atoms with Crippen LogP contribution < -0.4 is 5.32 Å². The van der Waals surface area contributed by atoms with Gasteiger partial charge in [-0.3, -0.25) is 4.79 Å². The Morgan fingerprint density at radius 1 is 1.33 bits per heavy atom. The summed E-state index contributed by atoms with van der Waals surface area (Å²) in [6, 6.07) is 6.68. The van der Waals surface area contributed by atoms with Crippen molar-refractivity contribution in [3.8, 4) is 0 Å². The van der Waals surface area contributed by atoms with E-state index in [0.29, 0.717) is 13.1 Å². The van der Waals surface area contributed by atoms with Crippen molar-refractivity contribution >= 4 is 28.2 Å². The zero-order valence-electron chi connectivity index (χ0n) is 12.2. The third kappa shape index (κ3) is 4.18. The van der Waals surface area contributed by atoms with E-state index >= 15 is 0 Å².